The van der Waals surface area contributed by atoms with Gasteiger partial charge in [-0.1, -0.05) is 12.8 Å². The highest BCUT2D eigenvalue weighted by atomic mass is 32.2. The molecule has 3 aliphatic rings. The van der Waals surface area contributed by atoms with Crippen LogP contribution in [0.25, 0.3) is 10.9 Å². The summed E-state index contributed by atoms with van der Waals surface area (Å²) in [5.74, 6) is -0.312. The number of hydrogen-bond donors (Lipinski definition) is 0. The highest BCUT2D eigenvalue weighted by Crippen LogP contribution is 2.29. The fraction of sp³-hybridized carbons (Fsp3) is 0.591. The van der Waals surface area contributed by atoms with Crippen LogP contribution in [0.2, 0.25) is 0 Å². The van der Waals surface area contributed by atoms with Gasteiger partial charge in [0.15, 0.2) is 9.84 Å². The van der Waals surface area contributed by atoms with Gasteiger partial charge in [-0.2, -0.15) is 0 Å². The van der Waals surface area contributed by atoms with Gasteiger partial charge in [0.05, 0.1) is 34.7 Å². The Balaban J connectivity index is 1.28. The molecule has 0 N–H and O–H groups in total. The molecule has 2 aliphatic heterocycles. The Labute approximate surface area is 181 Å². The molecule has 8 nitrogen and oxygen atoms in total. The molecular weight excluding hydrogens is 416 g/mol. The van der Waals surface area contributed by atoms with Crippen molar-refractivity contribution in [3.05, 3.63) is 34.9 Å². The normalized spacial score (nSPS) is 24.2. The average molecular weight is 445 g/mol. The van der Waals surface area contributed by atoms with Crippen LogP contribution in [-0.4, -0.2) is 66.5 Å². The third-order valence-corrected chi connectivity index (χ3v) is 8.79. The Bertz CT molecular complexity index is 1160. The van der Waals surface area contributed by atoms with Crippen molar-refractivity contribution < 1.29 is 13.2 Å². The van der Waals surface area contributed by atoms with E-state index < -0.39 is 9.84 Å². The zero-order valence-corrected chi connectivity index (χ0v) is 18.4. The van der Waals surface area contributed by atoms with Crippen LogP contribution < -0.4 is 10.5 Å². The molecule has 5 rings (SSSR count). The molecule has 31 heavy (non-hydrogen) atoms. The Morgan fingerprint density at radius 1 is 1.03 bits per heavy atom. The highest BCUT2D eigenvalue weighted by Gasteiger charge is 2.36. The molecule has 166 valence electrons. The van der Waals surface area contributed by atoms with Gasteiger partial charge in [-0.05, 0) is 37.5 Å². The molecule has 1 aliphatic carbocycles. The standard InChI is InChI=1S/C22H28N4O4S/c27-21(16-7-12-31(29,30)14-16)25-10-8-24(9-11-25)18-5-6-19-20(13-18)23-15-26(22(19)28)17-3-1-2-4-17/h5-6,13,15-17H,1-4,7-12,14H2. The number of fused-ring (bicyclic) bond motifs is 1. The van der Waals surface area contributed by atoms with Gasteiger partial charge in [0.2, 0.25) is 5.91 Å². The van der Waals surface area contributed by atoms with Gasteiger partial charge in [0, 0.05) is 37.9 Å². The summed E-state index contributed by atoms with van der Waals surface area (Å²) in [6.45, 7) is 2.50. The summed E-state index contributed by atoms with van der Waals surface area (Å²) < 4.78 is 25.2. The summed E-state index contributed by atoms with van der Waals surface area (Å²) in [7, 11) is -3.06. The van der Waals surface area contributed by atoms with Crippen molar-refractivity contribution in [2.45, 2.75) is 38.1 Å². The first kappa shape index (κ1) is 20.5. The SMILES string of the molecule is O=C(C1CCS(=O)(=O)C1)N1CCN(c2ccc3c(=O)n(C4CCCC4)cnc3c2)CC1. The van der Waals surface area contributed by atoms with Crippen molar-refractivity contribution in [2.24, 2.45) is 5.92 Å². The number of anilines is 1. The number of benzene rings is 1. The molecule has 3 fully saturated rings. The Hall–Kier alpha value is -2.42. The Kier molecular flexibility index (Phi) is 5.24. The molecule has 2 saturated heterocycles. The Morgan fingerprint density at radius 2 is 1.77 bits per heavy atom. The van der Waals surface area contributed by atoms with Crippen LogP contribution in [-0.2, 0) is 14.6 Å². The minimum atomic E-state index is -3.06. The molecular formula is C22H28N4O4S. The average Bonchev–Trinajstić information content (AvgIpc) is 3.43. The molecule has 1 aromatic heterocycles. The van der Waals surface area contributed by atoms with Gasteiger partial charge in [-0.25, -0.2) is 13.4 Å². The van der Waals surface area contributed by atoms with E-state index in [0.717, 1.165) is 18.5 Å². The lowest BCUT2D eigenvalue weighted by Gasteiger charge is -2.37. The number of carbonyl (C=O) groups is 1. The van der Waals surface area contributed by atoms with Crippen LogP contribution in [0.4, 0.5) is 5.69 Å². The van der Waals surface area contributed by atoms with Crippen LogP contribution in [0.3, 0.4) is 0 Å². The molecule has 1 saturated carbocycles. The van der Waals surface area contributed by atoms with E-state index in [9.17, 15) is 18.0 Å². The lowest BCUT2D eigenvalue weighted by atomic mass is 10.1. The van der Waals surface area contributed by atoms with E-state index in [2.05, 4.69) is 9.88 Å². The second kappa shape index (κ2) is 7.93. The van der Waals surface area contributed by atoms with Crippen molar-refractivity contribution in [2.75, 3.05) is 42.6 Å². The van der Waals surface area contributed by atoms with E-state index in [1.54, 1.807) is 15.8 Å². The van der Waals surface area contributed by atoms with E-state index in [4.69, 9.17) is 0 Å². The van der Waals surface area contributed by atoms with E-state index in [1.165, 1.54) is 12.8 Å². The van der Waals surface area contributed by atoms with Gasteiger partial charge in [0.1, 0.15) is 0 Å². The van der Waals surface area contributed by atoms with Crippen molar-refractivity contribution in [1.29, 1.82) is 0 Å². The maximum atomic E-state index is 12.9. The smallest absolute Gasteiger partial charge is 0.261 e. The number of nitrogens with zero attached hydrogens (tertiary/aromatic N) is 4. The van der Waals surface area contributed by atoms with Crippen LogP contribution in [0, 0.1) is 5.92 Å². The summed E-state index contributed by atoms with van der Waals surface area (Å²) in [6, 6.07) is 6.05. The molecule has 0 bridgehead atoms. The number of hydrogen-bond acceptors (Lipinski definition) is 6. The monoisotopic (exact) mass is 444 g/mol. The molecule has 1 amide bonds. The maximum absolute atomic E-state index is 12.9. The minimum Gasteiger partial charge on any atom is -0.368 e. The second-order valence-electron chi connectivity index (χ2n) is 9.01. The predicted octanol–water partition coefficient (Wildman–Crippen LogP) is 1.59. The van der Waals surface area contributed by atoms with Gasteiger partial charge in [0.25, 0.3) is 5.56 Å². The fourth-order valence-electron chi connectivity index (χ4n) is 5.20. The first-order chi connectivity index (χ1) is 14.9. The topological polar surface area (TPSA) is 92.6 Å². The van der Waals surface area contributed by atoms with Crippen molar-refractivity contribution in [3.8, 4) is 0 Å². The molecule has 0 spiro atoms. The minimum absolute atomic E-state index is 0.0131. The van der Waals surface area contributed by atoms with Crippen LogP contribution in [0.15, 0.2) is 29.3 Å². The van der Waals surface area contributed by atoms with Gasteiger partial charge in [-0.3, -0.25) is 14.2 Å². The van der Waals surface area contributed by atoms with Crippen molar-refractivity contribution >= 4 is 32.3 Å². The largest absolute Gasteiger partial charge is 0.368 e. The summed E-state index contributed by atoms with van der Waals surface area (Å²) in [5, 5.41) is 0.648. The first-order valence-corrected chi connectivity index (χ1v) is 13.0. The van der Waals surface area contributed by atoms with Gasteiger partial charge >= 0.3 is 0 Å². The van der Waals surface area contributed by atoms with Crippen LogP contribution >= 0.6 is 0 Å². The fourth-order valence-corrected chi connectivity index (χ4v) is 6.93. The third-order valence-electron chi connectivity index (χ3n) is 7.02. The molecule has 1 aromatic carbocycles. The summed E-state index contributed by atoms with van der Waals surface area (Å²) in [6.07, 6.45) is 6.55. The first-order valence-electron chi connectivity index (χ1n) is 11.2. The summed E-state index contributed by atoms with van der Waals surface area (Å²) >= 11 is 0. The van der Waals surface area contributed by atoms with E-state index in [-0.39, 0.29) is 34.9 Å². The highest BCUT2D eigenvalue weighted by molar-refractivity contribution is 7.91. The van der Waals surface area contributed by atoms with Crippen molar-refractivity contribution in [1.82, 2.24) is 14.5 Å². The number of aromatic nitrogens is 2. The van der Waals surface area contributed by atoms with E-state index >= 15 is 0 Å². The zero-order valence-electron chi connectivity index (χ0n) is 17.6. The van der Waals surface area contributed by atoms with E-state index in [1.807, 2.05) is 18.2 Å². The number of sulfone groups is 1. The third kappa shape index (κ3) is 3.95. The summed E-state index contributed by atoms with van der Waals surface area (Å²) in [5.41, 5.74) is 1.73. The number of rotatable bonds is 3. The molecule has 2 aromatic rings. The van der Waals surface area contributed by atoms with Crippen LogP contribution in [0.1, 0.15) is 38.1 Å². The quantitative estimate of drug-likeness (QED) is 0.714. The molecule has 3 heterocycles. The Morgan fingerprint density at radius 3 is 2.45 bits per heavy atom. The molecule has 9 heteroatoms. The number of piperazine rings is 1. The number of carbonyl (C=O) groups excluding carboxylic acids is 1. The maximum Gasteiger partial charge on any atom is 0.261 e. The van der Waals surface area contributed by atoms with E-state index in [0.29, 0.717) is 43.5 Å². The molecule has 1 unspecified atom stereocenters. The molecule has 0 radical (unpaired) electrons. The number of amides is 1. The van der Waals surface area contributed by atoms with Crippen molar-refractivity contribution in [3.63, 3.8) is 0 Å². The molecule has 1 atom stereocenters. The lowest BCUT2D eigenvalue weighted by molar-refractivity contribution is -0.135. The zero-order chi connectivity index (χ0) is 21.6. The lowest BCUT2D eigenvalue weighted by Crippen LogP contribution is -2.50. The summed E-state index contributed by atoms with van der Waals surface area (Å²) in [4.78, 5) is 34.1. The van der Waals surface area contributed by atoms with Gasteiger partial charge < -0.3 is 9.80 Å². The second-order valence-corrected chi connectivity index (χ2v) is 11.2. The predicted molar refractivity (Wildman–Crippen MR) is 119 cm³/mol. The van der Waals surface area contributed by atoms with Crippen LogP contribution in [0.5, 0.6) is 0 Å². The van der Waals surface area contributed by atoms with Gasteiger partial charge in [-0.15, -0.1) is 0 Å².